The maximum Gasteiger partial charge on any atom is 0.270 e. The van der Waals surface area contributed by atoms with Crippen LogP contribution in [0.1, 0.15) is 11.7 Å². The highest BCUT2D eigenvalue weighted by atomic mass is 79.9. The van der Waals surface area contributed by atoms with E-state index in [1.807, 2.05) is 48.5 Å². The highest BCUT2D eigenvalue weighted by Gasteiger charge is 2.29. The summed E-state index contributed by atoms with van der Waals surface area (Å²) in [7, 11) is 0. The largest absolute Gasteiger partial charge is 0.472 e. The minimum atomic E-state index is -0.600. The van der Waals surface area contributed by atoms with Crippen molar-refractivity contribution in [2.24, 2.45) is 0 Å². The summed E-state index contributed by atoms with van der Waals surface area (Å²) in [6, 6.07) is 15.0. The van der Waals surface area contributed by atoms with Crippen LogP contribution in [-0.2, 0) is 4.79 Å². The Morgan fingerprint density at radius 1 is 1.06 bits per heavy atom. The van der Waals surface area contributed by atoms with Crippen LogP contribution in [-0.4, -0.2) is 5.91 Å². The van der Waals surface area contributed by atoms with Gasteiger partial charge in [-0.2, -0.15) is 0 Å². The summed E-state index contributed by atoms with van der Waals surface area (Å²) in [5, 5.41) is 2.86. The van der Waals surface area contributed by atoms with Crippen LogP contribution in [0.25, 0.3) is 0 Å². The Kier molecular flexibility index (Phi) is 2.80. The molecule has 1 N–H and O–H groups in total. The van der Waals surface area contributed by atoms with Gasteiger partial charge >= 0.3 is 0 Å². The van der Waals surface area contributed by atoms with Gasteiger partial charge in [-0.3, -0.25) is 4.79 Å². The van der Waals surface area contributed by atoms with E-state index in [1.165, 1.54) is 0 Å². The van der Waals surface area contributed by atoms with Crippen LogP contribution in [0, 0.1) is 0 Å². The van der Waals surface area contributed by atoms with Crippen LogP contribution in [0.5, 0.6) is 5.75 Å². The Labute approximate surface area is 113 Å². The van der Waals surface area contributed by atoms with Crippen molar-refractivity contribution in [1.82, 2.24) is 0 Å². The summed E-state index contributed by atoms with van der Waals surface area (Å²) < 4.78 is 6.64. The molecule has 0 aliphatic carbocycles. The van der Waals surface area contributed by atoms with Gasteiger partial charge in [0.2, 0.25) is 6.10 Å². The Bertz CT molecular complexity index is 598. The molecule has 3 rings (SSSR count). The van der Waals surface area contributed by atoms with Crippen molar-refractivity contribution in [3.8, 4) is 5.75 Å². The first kappa shape index (κ1) is 11.3. The van der Waals surface area contributed by atoms with E-state index in [-0.39, 0.29) is 5.91 Å². The number of rotatable bonds is 1. The van der Waals surface area contributed by atoms with Gasteiger partial charge in [-0.25, -0.2) is 0 Å². The Balaban J connectivity index is 2.02. The number of hydrogen-bond donors (Lipinski definition) is 1. The molecule has 3 nitrogen and oxygen atoms in total. The number of hydrogen-bond acceptors (Lipinski definition) is 2. The number of carbonyl (C=O) groups is 1. The molecule has 0 aromatic heterocycles. The molecule has 0 saturated heterocycles. The number of ether oxygens (including phenoxy) is 1. The van der Waals surface area contributed by atoms with E-state index < -0.39 is 6.10 Å². The molecule has 0 spiro atoms. The lowest BCUT2D eigenvalue weighted by atomic mass is 10.1. The molecule has 0 radical (unpaired) electrons. The van der Waals surface area contributed by atoms with Crippen molar-refractivity contribution in [3.63, 3.8) is 0 Å². The molecule has 0 fully saturated rings. The molecule has 18 heavy (non-hydrogen) atoms. The second kappa shape index (κ2) is 4.46. The molecular formula is C14H10BrNO2. The van der Waals surface area contributed by atoms with Gasteiger partial charge in [0, 0.05) is 5.56 Å². The van der Waals surface area contributed by atoms with Gasteiger partial charge in [0.1, 0.15) is 0 Å². The number of nitrogens with one attached hydrogen (secondary N) is 1. The predicted molar refractivity (Wildman–Crippen MR) is 72.6 cm³/mol. The summed E-state index contributed by atoms with van der Waals surface area (Å²) >= 11 is 3.43. The van der Waals surface area contributed by atoms with E-state index in [4.69, 9.17) is 4.74 Å². The molecule has 1 heterocycles. The number of benzene rings is 2. The monoisotopic (exact) mass is 303 g/mol. The zero-order valence-electron chi connectivity index (χ0n) is 9.39. The number of fused-ring (bicyclic) bond motifs is 1. The minimum Gasteiger partial charge on any atom is -0.472 e. The van der Waals surface area contributed by atoms with Crippen LogP contribution < -0.4 is 10.1 Å². The van der Waals surface area contributed by atoms with Crippen molar-refractivity contribution in [1.29, 1.82) is 0 Å². The smallest absolute Gasteiger partial charge is 0.270 e. The predicted octanol–water partition coefficient (Wildman–Crippen LogP) is 3.52. The average molecular weight is 304 g/mol. The third kappa shape index (κ3) is 1.88. The molecule has 2 aromatic carbocycles. The summed E-state index contributed by atoms with van der Waals surface area (Å²) in [6.45, 7) is 0. The second-order valence-corrected chi connectivity index (χ2v) is 4.87. The van der Waals surface area contributed by atoms with E-state index in [0.29, 0.717) is 11.4 Å². The van der Waals surface area contributed by atoms with Gasteiger partial charge in [0.15, 0.2) is 5.75 Å². The van der Waals surface area contributed by atoms with Gasteiger partial charge in [0.05, 0.1) is 10.2 Å². The van der Waals surface area contributed by atoms with Gasteiger partial charge < -0.3 is 10.1 Å². The fraction of sp³-hybridized carbons (Fsp3) is 0.0714. The van der Waals surface area contributed by atoms with Crippen LogP contribution in [0.4, 0.5) is 5.69 Å². The first-order valence-corrected chi connectivity index (χ1v) is 6.36. The minimum absolute atomic E-state index is 0.146. The highest BCUT2D eigenvalue weighted by molar-refractivity contribution is 9.10. The van der Waals surface area contributed by atoms with E-state index >= 15 is 0 Å². The topological polar surface area (TPSA) is 38.3 Å². The normalized spacial score (nSPS) is 17.6. The lowest BCUT2D eigenvalue weighted by molar-refractivity contribution is -0.123. The Hall–Kier alpha value is -1.81. The summed E-state index contributed by atoms with van der Waals surface area (Å²) in [6.07, 6.45) is -0.600. The fourth-order valence-corrected chi connectivity index (χ4v) is 2.40. The molecule has 2 aromatic rings. The number of amides is 1. The molecule has 1 aliphatic heterocycles. The SMILES string of the molecule is O=C1Nc2cccc(Br)c2O[C@H]1c1ccccc1. The number of carbonyl (C=O) groups excluding carboxylic acids is 1. The number of anilines is 1. The van der Waals surface area contributed by atoms with Crippen LogP contribution >= 0.6 is 15.9 Å². The summed E-state index contributed by atoms with van der Waals surface area (Å²) in [5.74, 6) is 0.526. The first-order valence-electron chi connectivity index (χ1n) is 5.56. The molecule has 0 bridgehead atoms. The summed E-state index contributed by atoms with van der Waals surface area (Å²) in [4.78, 5) is 12.0. The van der Waals surface area contributed by atoms with Crippen LogP contribution in [0.2, 0.25) is 0 Å². The molecule has 4 heteroatoms. The zero-order chi connectivity index (χ0) is 12.5. The molecule has 90 valence electrons. The maximum atomic E-state index is 12.0. The molecular weight excluding hydrogens is 294 g/mol. The third-order valence-corrected chi connectivity index (χ3v) is 3.43. The quantitative estimate of drug-likeness (QED) is 0.875. The van der Waals surface area contributed by atoms with E-state index in [0.717, 1.165) is 10.0 Å². The van der Waals surface area contributed by atoms with Crippen molar-refractivity contribution >= 4 is 27.5 Å². The van der Waals surface area contributed by atoms with Crippen molar-refractivity contribution in [2.75, 3.05) is 5.32 Å². The third-order valence-electron chi connectivity index (χ3n) is 2.80. The van der Waals surface area contributed by atoms with Gasteiger partial charge in [0.25, 0.3) is 5.91 Å². The van der Waals surface area contributed by atoms with Crippen molar-refractivity contribution < 1.29 is 9.53 Å². The van der Waals surface area contributed by atoms with E-state index in [1.54, 1.807) is 0 Å². The zero-order valence-corrected chi connectivity index (χ0v) is 11.0. The van der Waals surface area contributed by atoms with Gasteiger partial charge in [-0.15, -0.1) is 0 Å². The Morgan fingerprint density at radius 3 is 2.61 bits per heavy atom. The van der Waals surface area contributed by atoms with Crippen LogP contribution in [0.15, 0.2) is 53.0 Å². The maximum absolute atomic E-state index is 12.0. The number of para-hydroxylation sites is 1. The standard InChI is InChI=1S/C14H10BrNO2/c15-10-7-4-8-11-13(10)18-12(14(17)16-11)9-5-2-1-3-6-9/h1-8,12H,(H,16,17)/t12-/m0/s1. The lowest BCUT2D eigenvalue weighted by Gasteiger charge is -2.26. The van der Waals surface area contributed by atoms with Crippen LogP contribution in [0.3, 0.4) is 0 Å². The van der Waals surface area contributed by atoms with E-state index in [2.05, 4.69) is 21.2 Å². The molecule has 1 amide bonds. The molecule has 0 saturated carbocycles. The number of halogens is 1. The molecule has 1 atom stereocenters. The fourth-order valence-electron chi connectivity index (χ4n) is 1.94. The molecule has 1 aliphatic rings. The van der Waals surface area contributed by atoms with Crippen molar-refractivity contribution in [3.05, 3.63) is 58.6 Å². The van der Waals surface area contributed by atoms with E-state index in [9.17, 15) is 4.79 Å². The van der Waals surface area contributed by atoms with Gasteiger partial charge in [-0.1, -0.05) is 36.4 Å². The first-order chi connectivity index (χ1) is 8.75. The average Bonchev–Trinajstić information content (AvgIpc) is 2.39. The Morgan fingerprint density at radius 2 is 1.83 bits per heavy atom. The highest BCUT2D eigenvalue weighted by Crippen LogP contribution is 2.40. The van der Waals surface area contributed by atoms with Gasteiger partial charge in [-0.05, 0) is 28.1 Å². The van der Waals surface area contributed by atoms with Crippen molar-refractivity contribution in [2.45, 2.75) is 6.10 Å². The molecule has 0 unspecified atom stereocenters. The lowest BCUT2D eigenvalue weighted by Crippen LogP contribution is -2.30. The second-order valence-electron chi connectivity index (χ2n) is 4.01. The summed E-state index contributed by atoms with van der Waals surface area (Å²) in [5.41, 5.74) is 1.54.